The maximum atomic E-state index is 11.8. The third-order valence-electron chi connectivity index (χ3n) is 4.05. The number of carboxylic acids is 1. The topological polar surface area (TPSA) is 60.9 Å². The third-order valence-corrected chi connectivity index (χ3v) is 4.05. The van der Waals surface area contributed by atoms with Crippen LogP contribution in [0.15, 0.2) is 0 Å². The van der Waals surface area contributed by atoms with Gasteiger partial charge in [-0.25, -0.2) is 0 Å². The van der Waals surface area contributed by atoms with Crippen LogP contribution in [0.3, 0.4) is 0 Å². The van der Waals surface area contributed by atoms with Crippen molar-refractivity contribution in [2.24, 2.45) is 5.41 Å². The van der Waals surface area contributed by atoms with E-state index in [-0.39, 0.29) is 5.91 Å². The van der Waals surface area contributed by atoms with Gasteiger partial charge >= 0.3 is 5.97 Å². The smallest absolute Gasteiger partial charge is 0.310 e. The minimum absolute atomic E-state index is 0.0646. The number of carbonyl (C=O) groups is 2. The standard InChI is InChI=1S/C13H24N2O3/c1-4-13(12(17)18)7-6-8-15(10-13)9-11(16)14(3)5-2/h4-10H2,1-3H3,(H,17,18). The quantitative estimate of drug-likeness (QED) is 0.798. The van der Waals surface area contributed by atoms with Gasteiger partial charge in [-0.15, -0.1) is 0 Å². The minimum atomic E-state index is -0.731. The number of likely N-dealkylation sites (tertiary alicyclic amines) is 1. The number of hydrogen-bond donors (Lipinski definition) is 1. The third kappa shape index (κ3) is 3.22. The molecule has 5 nitrogen and oxygen atoms in total. The van der Waals surface area contributed by atoms with Crippen LogP contribution in [0, 0.1) is 5.41 Å². The van der Waals surface area contributed by atoms with E-state index in [4.69, 9.17) is 0 Å². The van der Waals surface area contributed by atoms with E-state index in [9.17, 15) is 14.7 Å². The molecule has 0 aliphatic carbocycles. The lowest BCUT2D eigenvalue weighted by Gasteiger charge is -2.39. The van der Waals surface area contributed by atoms with Crippen molar-refractivity contribution in [2.45, 2.75) is 33.1 Å². The maximum Gasteiger partial charge on any atom is 0.310 e. The predicted octanol–water partition coefficient (Wildman–Crippen LogP) is 1.04. The monoisotopic (exact) mass is 256 g/mol. The number of carbonyl (C=O) groups excluding carboxylic acids is 1. The second-order valence-electron chi connectivity index (χ2n) is 5.16. The lowest BCUT2D eigenvalue weighted by Crippen LogP contribution is -2.50. The molecule has 1 saturated heterocycles. The molecule has 1 rings (SSSR count). The number of amides is 1. The zero-order chi connectivity index (χ0) is 13.8. The molecule has 0 aromatic heterocycles. The highest BCUT2D eigenvalue weighted by molar-refractivity contribution is 5.78. The summed E-state index contributed by atoms with van der Waals surface area (Å²) in [4.78, 5) is 26.9. The highest BCUT2D eigenvalue weighted by Gasteiger charge is 2.41. The van der Waals surface area contributed by atoms with Gasteiger partial charge in [-0.1, -0.05) is 6.92 Å². The molecule has 1 aliphatic rings. The van der Waals surface area contributed by atoms with Crippen LogP contribution in [-0.2, 0) is 9.59 Å². The Morgan fingerprint density at radius 2 is 2.06 bits per heavy atom. The van der Waals surface area contributed by atoms with Crippen molar-refractivity contribution < 1.29 is 14.7 Å². The summed E-state index contributed by atoms with van der Waals surface area (Å²) in [5, 5.41) is 9.37. The number of rotatable bonds is 5. The fourth-order valence-electron chi connectivity index (χ4n) is 2.46. The average Bonchev–Trinajstić information content (AvgIpc) is 2.37. The Hall–Kier alpha value is -1.10. The van der Waals surface area contributed by atoms with Crippen molar-refractivity contribution in [3.05, 3.63) is 0 Å². The molecule has 0 spiro atoms. The highest BCUT2D eigenvalue weighted by Crippen LogP contribution is 2.33. The molecule has 18 heavy (non-hydrogen) atoms. The number of carboxylic acid groups (broad SMARTS) is 1. The molecule has 1 aliphatic heterocycles. The molecular weight excluding hydrogens is 232 g/mol. The molecule has 0 saturated carbocycles. The molecule has 1 N–H and O–H groups in total. The Kier molecular flexibility index (Phi) is 5.14. The van der Waals surface area contributed by atoms with Crippen molar-refractivity contribution in [1.82, 2.24) is 9.80 Å². The summed E-state index contributed by atoms with van der Waals surface area (Å²) in [6.45, 7) is 6.17. The first-order valence-corrected chi connectivity index (χ1v) is 6.65. The minimum Gasteiger partial charge on any atom is -0.481 e. The van der Waals surface area contributed by atoms with E-state index in [0.717, 1.165) is 13.0 Å². The number of aliphatic carboxylic acids is 1. The molecule has 5 heteroatoms. The molecule has 1 unspecified atom stereocenters. The Labute approximate surface area is 109 Å². The molecule has 0 bridgehead atoms. The van der Waals surface area contributed by atoms with Crippen molar-refractivity contribution in [2.75, 3.05) is 33.2 Å². The molecule has 0 aromatic carbocycles. The fourth-order valence-corrected chi connectivity index (χ4v) is 2.46. The van der Waals surface area contributed by atoms with Gasteiger partial charge in [0.1, 0.15) is 0 Å². The summed E-state index contributed by atoms with van der Waals surface area (Å²) in [6.07, 6.45) is 2.19. The Morgan fingerprint density at radius 1 is 1.39 bits per heavy atom. The summed E-state index contributed by atoms with van der Waals surface area (Å²) >= 11 is 0. The van der Waals surface area contributed by atoms with Gasteiger partial charge in [-0.05, 0) is 32.7 Å². The van der Waals surface area contributed by atoms with Crippen LogP contribution in [0.1, 0.15) is 33.1 Å². The van der Waals surface area contributed by atoms with Crippen molar-refractivity contribution in [3.8, 4) is 0 Å². The van der Waals surface area contributed by atoms with Crippen LogP contribution in [0.2, 0.25) is 0 Å². The van der Waals surface area contributed by atoms with E-state index in [1.165, 1.54) is 0 Å². The van der Waals surface area contributed by atoms with Crippen LogP contribution in [-0.4, -0.2) is 60.0 Å². The van der Waals surface area contributed by atoms with E-state index < -0.39 is 11.4 Å². The Morgan fingerprint density at radius 3 is 2.56 bits per heavy atom. The van der Waals surface area contributed by atoms with E-state index in [0.29, 0.717) is 32.5 Å². The largest absolute Gasteiger partial charge is 0.481 e. The van der Waals surface area contributed by atoms with Crippen molar-refractivity contribution >= 4 is 11.9 Å². The van der Waals surface area contributed by atoms with Gasteiger partial charge in [0.25, 0.3) is 0 Å². The van der Waals surface area contributed by atoms with Crippen LogP contribution in [0.5, 0.6) is 0 Å². The number of piperidine rings is 1. The first-order valence-electron chi connectivity index (χ1n) is 6.65. The summed E-state index contributed by atoms with van der Waals surface area (Å²) in [6, 6.07) is 0. The van der Waals surface area contributed by atoms with Crippen molar-refractivity contribution in [1.29, 1.82) is 0 Å². The molecule has 1 fully saturated rings. The summed E-state index contributed by atoms with van der Waals surface area (Å²) in [5.74, 6) is -0.666. The van der Waals surface area contributed by atoms with E-state index in [1.54, 1.807) is 11.9 Å². The zero-order valence-electron chi connectivity index (χ0n) is 11.6. The summed E-state index contributed by atoms with van der Waals surface area (Å²) in [5.41, 5.74) is -0.663. The Bertz CT molecular complexity index is 319. The van der Waals surface area contributed by atoms with E-state index >= 15 is 0 Å². The van der Waals surface area contributed by atoms with Gasteiger partial charge in [0.2, 0.25) is 5.91 Å². The van der Waals surface area contributed by atoms with Gasteiger partial charge < -0.3 is 10.0 Å². The normalized spacial score (nSPS) is 24.8. The molecule has 1 atom stereocenters. The van der Waals surface area contributed by atoms with E-state index in [1.807, 2.05) is 18.7 Å². The molecule has 104 valence electrons. The van der Waals surface area contributed by atoms with Gasteiger partial charge in [-0.3, -0.25) is 14.5 Å². The number of nitrogens with zero attached hydrogens (tertiary/aromatic N) is 2. The summed E-state index contributed by atoms with van der Waals surface area (Å²) in [7, 11) is 1.77. The highest BCUT2D eigenvalue weighted by atomic mass is 16.4. The number of likely N-dealkylation sites (N-methyl/N-ethyl adjacent to an activating group) is 1. The van der Waals surface area contributed by atoms with Crippen LogP contribution < -0.4 is 0 Å². The maximum absolute atomic E-state index is 11.8. The van der Waals surface area contributed by atoms with Gasteiger partial charge in [0, 0.05) is 20.1 Å². The SMILES string of the molecule is CCN(C)C(=O)CN1CCCC(CC)(C(=O)O)C1. The van der Waals surface area contributed by atoms with Gasteiger partial charge in [0.15, 0.2) is 0 Å². The molecule has 1 amide bonds. The lowest BCUT2D eigenvalue weighted by atomic mass is 9.77. The summed E-state index contributed by atoms with van der Waals surface area (Å²) < 4.78 is 0. The van der Waals surface area contributed by atoms with Gasteiger partial charge in [0.05, 0.1) is 12.0 Å². The number of hydrogen-bond acceptors (Lipinski definition) is 3. The van der Waals surface area contributed by atoms with E-state index in [2.05, 4.69) is 0 Å². The second-order valence-corrected chi connectivity index (χ2v) is 5.16. The Balaban J connectivity index is 2.64. The predicted molar refractivity (Wildman–Crippen MR) is 69.3 cm³/mol. The first kappa shape index (κ1) is 15.0. The van der Waals surface area contributed by atoms with Crippen LogP contribution in [0.25, 0.3) is 0 Å². The average molecular weight is 256 g/mol. The lowest BCUT2D eigenvalue weighted by molar-refractivity contribution is -0.154. The second kappa shape index (κ2) is 6.18. The molecule has 1 heterocycles. The molecule has 0 aromatic rings. The fraction of sp³-hybridized carbons (Fsp3) is 0.846. The van der Waals surface area contributed by atoms with Crippen LogP contribution in [0.4, 0.5) is 0 Å². The first-order chi connectivity index (χ1) is 8.45. The van der Waals surface area contributed by atoms with Gasteiger partial charge in [-0.2, -0.15) is 0 Å². The zero-order valence-corrected chi connectivity index (χ0v) is 11.6. The van der Waals surface area contributed by atoms with Crippen LogP contribution >= 0.6 is 0 Å². The molecule has 0 radical (unpaired) electrons. The van der Waals surface area contributed by atoms with Crippen molar-refractivity contribution in [3.63, 3.8) is 0 Å². The molecular formula is C13H24N2O3.